The summed E-state index contributed by atoms with van der Waals surface area (Å²) in [4.78, 5) is 13.9. The third-order valence-electron chi connectivity index (χ3n) is 4.03. The van der Waals surface area contributed by atoms with E-state index >= 15 is 0 Å². The first kappa shape index (κ1) is 19.1. The molecule has 0 saturated heterocycles. The summed E-state index contributed by atoms with van der Waals surface area (Å²) in [7, 11) is 0. The van der Waals surface area contributed by atoms with Crippen LogP contribution in [0.4, 0.5) is 18.9 Å². The second-order valence-electron chi connectivity index (χ2n) is 5.98. The fourth-order valence-electron chi connectivity index (χ4n) is 2.71. The summed E-state index contributed by atoms with van der Waals surface area (Å²) in [5.74, 6) is -0.364. The van der Waals surface area contributed by atoms with Gasteiger partial charge in [-0.1, -0.05) is 42.5 Å². The fourth-order valence-corrected chi connectivity index (χ4v) is 3.39. The van der Waals surface area contributed by atoms with Gasteiger partial charge in [-0.25, -0.2) is 0 Å². The van der Waals surface area contributed by atoms with Crippen molar-refractivity contribution in [2.45, 2.75) is 18.8 Å². The van der Waals surface area contributed by atoms with Gasteiger partial charge in [0.15, 0.2) is 6.04 Å². The lowest BCUT2D eigenvalue weighted by Crippen LogP contribution is -2.85. The SMILES string of the molecule is O=C(Nc1cccc(C(F)(F)F)c1)[C@@H]([NH2+]Cc1cccs1)c1ccccc1. The number of hydrogen-bond donors (Lipinski definition) is 2. The number of carbonyl (C=O) groups is 1. The molecule has 1 aromatic heterocycles. The summed E-state index contributed by atoms with van der Waals surface area (Å²) < 4.78 is 38.7. The Morgan fingerprint density at radius 2 is 1.81 bits per heavy atom. The molecule has 1 atom stereocenters. The molecule has 140 valence electrons. The number of hydrogen-bond acceptors (Lipinski definition) is 2. The Hall–Kier alpha value is -2.64. The maximum absolute atomic E-state index is 12.9. The molecule has 0 fully saturated rings. The number of alkyl halides is 3. The van der Waals surface area contributed by atoms with Crippen LogP contribution in [0.25, 0.3) is 0 Å². The maximum atomic E-state index is 12.9. The summed E-state index contributed by atoms with van der Waals surface area (Å²) in [5.41, 5.74) is 0.123. The van der Waals surface area contributed by atoms with Gasteiger partial charge in [0.25, 0.3) is 5.91 Å². The van der Waals surface area contributed by atoms with E-state index in [0.717, 1.165) is 22.6 Å². The molecule has 1 amide bonds. The summed E-state index contributed by atoms with van der Waals surface area (Å²) in [6, 6.07) is 17.2. The van der Waals surface area contributed by atoms with Gasteiger partial charge in [-0.05, 0) is 29.6 Å². The standard InChI is InChI=1S/C20H17F3N2OS/c21-20(22,23)15-8-4-9-16(12-15)25-19(26)18(14-6-2-1-3-7-14)24-13-17-10-5-11-27-17/h1-12,18,24H,13H2,(H,25,26)/p+1/t18-/m0/s1. The van der Waals surface area contributed by atoms with E-state index in [9.17, 15) is 18.0 Å². The van der Waals surface area contributed by atoms with Crippen LogP contribution in [0.1, 0.15) is 22.0 Å². The zero-order chi connectivity index (χ0) is 19.3. The molecule has 0 radical (unpaired) electrons. The molecule has 0 unspecified atom stereocenters. The minimum atomic E-state index is -4.45. The third kappa shape index (κ3) is 5.18. The molecular weight excluding hydrogens is 373 g/mol. The third-order valence-corrected chi connectivity index (χ3v) is 4.93. The molecule has 3 nitrogen and oxygen atoms in total. The van der Waals surface area contributed by atoms with Crippen molar-refractivity contribution in [3.05, 3.63) is 88.1 Å². The first-order valence-electron chi connectivity index (χ1n) is 8.32. The average molecular weight is 391 g/mol. The molecule has 1 heterocycles. The zero-order valence-electron chi connectivity index (χ0n) is 14.2. The van der Waals surface area contributed by atoms with Crippen LogP contribution < -0.4 is 10.6 Å². The second-order valence-corrected chi connectivity index (χ2v) is 7.01. The Kier molecular flexibility index (Phi) is 5.93. The lowest BCUT2D eigenvalue weighted by atomic mass is 10.1. The van der Waals surface area contributed by atoms with Gasteiger partial charge in [0.05, 0.1) is 10.4 Å². The van der Waals surface area contributed by atoms with E-state index in [4.69, 9.17) is 0 Å². The monoisotopic (exact) mass is 391 g/mol. The number of carbonyl (C=O) groups excluding carboxylic acids is 1. The van der Waals surface area contributed by atoms with E-state index in [-0.39, 0.29) is 11.6 Å². The molecule has 0 aliphatic carbocycles. The van der Waals surface area contributed by atoms with Crippen LogP contribution in [0.2, 0.25) is 0 Å². The molecular formula is C20H18F3N2OS+. The van der Waals surface area contributed by atoms with Crippen LogP contribution in [-0.4, -0.2) is 5.91 Å². The van der Waals surface area contributed by atoms with Gasteiger partial charge >= 0.3 is 6.18 Å². The summed E-state index contributed by atoms with van der Waals surface area (Å²) in [5, 5.41) is 6.46. The van der Waals surface area contributed by atoms with Gasteiger partial charge < -0.3 is 10.6 Å². The Morgan fingerprint density at radius 3 is 2.48 bits per heavy atom. The first-order valence-corrected chi connectivity index (χ1v) is 9.20. The molecule has 0 bridgehead atoms. The Bertz CT molecular complexity index is 880. The number of nitrogens with one attached hydrogen (secondary N) is 1. The number of nitrogens with two attached hydrogens (primary N) is 1. The summed E-state index contributed by atoms with van der Waals surface area (Å²) >= 11 is 1.59. The number of amides is 1. The number of benzene rings is 2. The first-order chi connectivity index (χ1) is 12.9. The van der Waals surface area contributed by atoms with Gasteiger partial charge in [0.2, 0.25) is 0 Å². The minimum absolute atomic E-state index is 0.125. The highest BCUT2D eigenvalue weighted by atomic mass is 32.1. The van der Waals surface area contributed by atoms with Crippen molar-refractivity contribution in [1.82, 2.24) is 0 Å². The highest BCUT2D eigenvalue weighted by molar-refractivity contribution is 7.09. The second kappa shape index (κ2) is 8.37. The predicted molar refractivity (Wildman–Crippen MR) is 99.2 cm³/mol. The van der Waals surface area contributed by atoms with Crippen LogP contribution in [0.5, 0.6) is 0 Å². The fraction of sp³-hybridized carbons (Fsp3) is 0.150. The van der Waals surface area contributed by atoms with Gasteiger partial charge in [0, 0.05) is 11.3 Å². The highest BCUT2D eigenvalue weighted by Crippen LogP contribution is 2.30. The molecule has 3 rings (SSSR count). The Morgan fingerprint density at radius 1 is 1.04 bits per heavy atom. The molecule has 3 aromatic rings. The molecule has 3 N–H and O–H groups in total. The molecule has 0 aliphatic rings. The lowest BCUT2D eigenvalue weighted by Gasteiger charge is -2.16. The van der Waals surface area contributed by atoms with Crippen molar-refractivity contribution in [1.29, 1.82) is 0 Å². The number of halogens is 3. The van der Waals surface area contributed by atoms with Crippen molar-refractivity contribution in [2.24, 2.45) is 0 Å². The average Bonchev–Trinajstić information content (AvgIpc) is 3.16. The van der Waals surface area contributed by atoms with Crippen LogP contribution in [0.3, 0.4) is 0 Å². The molecule has 0 saturated carbocycles. The maximum Gasteiger partial charge on any atom is 0.416 e. The van der Waals surface area contributed by atoms with E-state index in [0.29, 0.717) is 6.54 Å². The normalized spacial score (nSPS) is 12.6. The zero-order valence-corrected chi connectivity index (χ0v) is 15.1. The molecule has 7 heteroatoms. The van der Waals surface area contributed by atoms with Crippen molar-refractivity contribution in [2.75, 3.05) is 5.32 Å². The van der Waals surface area contributed by atoms with Gasteiger partial charge in [-0.15, -0.1) is 11.3 Å². The van der Waals surface area contributed by atoms with Crippen molar-refractivity contribution >= 4 is 22.9 Å². The van der Waals surface area contributed by atoms with Crippen LogP contribution >= 0.6 is 11.3 Å². The Balaban J connectivity index is 1.78. The van der Waals surface area contributed by atoms with Crippen molar-refractivity contribution < 1.29 is 23.3 Å². The number of thiophene rings is 1. The van der Waals surface area contributed by atoms with Gasteiger partial charge in [-0.2, -0.15) is 13.2 Å². The number of anilines is 1. The van der Waals surface area contributed by atoms with E-state index < -0.39 is 17.8 Å². The molecule has 2 aromatic carbocycles. The topological polar surface area (TPSA) is 45.7 Å². The highest BCUT2D eigenvalue weighted by Gasteiger charge is 2.31. The van der Waals surface area contributed by atoms with Crippen LogP contribution in [0.15, 0.2) is 72.1 Å². The predicted octanol–water partition coefficient (Wildman–Crippen LogP) is 4.21. The van der Waals surface area contributed by atoms with Gasteiger partial charge in [-0.3, -0.25) is 4.79 Å². The summed E-state index contributed by atoms with van der Waals surface area (Å²) in [6.45, 7) is 0.604. The Labute approximate surface area is 158 Å². The molecule has 27 heavy (non-hydrogen) atoms. The van der Waals surface area contributed by atoms with Crippen LogP contribution in [0, 0.1) is 0 Å². The van der Waals surface area contributed by atoms with Crippen LogP contribution in [-0.2, 0) is 17.5 Å². The molecule has 0 aliphatic heterocycles. The van der Waals surface area contributed by atoms with Crippen molar-refractivity contribution in [3.8, 4) is 0 Å². The van der Waals surface area contributed by atoms with E-state index in [1.807, 2.05) is 53.2 Å². The van der Waals surface area contributed by atoms with E-state index in [1.165, 1.54) is 12.1 Å². The lowest BCUT2D eigenvalue weighted by molar-refractivity contribution is -0.697. The largest absolute Gasteiger partial charge is 0.416 e. The number of quaternary nitrogens is 1. The van der Waals surface area contributed by atoms with E-state index in [2.05, 4.69) is 5.32 Å². The number of rotatable bonds is 6. The quantitative estimate of drug-likeness (QED) is 0.650. The van der Waals surface area contributed by atoms with Gasteiger partial charge in [0.1, 0.15) is 6.54 Å². The van der Waals surface area contributed by atoms with E-state index in [1.54, 1.807) is 11.3 Å². The minimum Gasteiger partial charge on any atom is -0.328 e. The summed E-state index contributed by atoms with van der Waals surface area (Å²) in [6.07, 6.45) is -4.45. The van der Waals surface area contributed by atoms with Crippen molar-refractivity contribution in [3.63, 3.8) is 0 Å². The molecule has 0 spiro atoms. The smallest absolute Gasteiger partial charge is 0.328 e.